The van der Waals surface area contributed by atoms with Gasteiger partial charge in [0, 0.05) is 10.5 Å². The molecule has 1 aromatic rings. The topological polar surface area (TPSA) is 87.1 Å². The summed E-state index contributed by atoms with van der Waals surface area (Å²) in [6, 6.07) is 8.43. The lowest BCUT2D eigenvalue weighted by molar-refractivity contribution is -0.139. The Balaban J connectivity index is 2.70. The third kappa shape index (κ3) is 3.76. The van der Waals surface area contributed by atoms with Gasteiger partial charge in [-0.05, 0) is 31.5 Å². The van der Waals surface area contributed by atoms with Crippen LogP contribution in [0.2, 0.25) is 0 Å². The molecule has 0 amide bonds. The van der Waals surface area contributed by atoms with Crippen LogP contribution in [0.5, 0.6) is 0 Å². The average molecular weight is 264 g/mol. The molecule has 0 unspecified atom stereocenters. The summed E-state index contributed by atoms with van der Waals surface area (Å²) in [7, 11) is 0. The predicted molar refractivity (Wildman–Crippen MR) is 72.1 cm³/mol. The lowest BCUT2D eigenvalue weighted by Gasteiger charge is -2.28. The molecule has 0 radical (unpaired) electrons. The van der Waals surface area contributed by atoms with Crippen molar-refractivity contribution in [3.05, 3.63) is 35.4 Å². The van der Waals surface area contributed by atoms with Crippen LogP contribution >= 0.6 is 11.8 Å². The highest BCUT2D eigenvalue weighted by atomic mass is 32.2. The number of hydrogen-bond donors (Lipinski definition) is 2. The first kappa shape index (κ1) is 14.6. The molecule has 0 saturated carbocycles. The van der Waals surface area contributed by atoms with Gasteiger partial charge in [-0.3, -0.25) is 4.79 Å². The summed E-state index contributed by atoms with van der Waals surface area (Å²) < 4.78 is -0.561. The van der Waals surface area contributed by atoms with Gasteiger partial charge >= 0.3 is 5.97 Å². The second-order valence-corrected chi connectivity index (χ2v) is 6.15. The zero-order chi connectivity index (χ0) is 13.8. The van der Waals surface area contributed by atoms with Crippen LogP contribution in [0.1, 0.15) is 25.0 Å². The number of thioether (sulfide) groups is 1. The molecule has 0 heterocycles. The van der Waals surface area contributed by atoms with E-state index in [1.807, 2.05) is 26.0 Å². The van der Waals surface area contributed by atoms with Crippen LogP contribution in [-0.4, -0.2) is 21.9 Å². The van der Waals surface area contributed by atoms with Crippen LogP contribution in [0.4, 0.5) is 0 Å². The summed E-state index contributed by atoms with van der Waals surface area (Å²) in [5, 5.41) is 17.7. The van der Waals surface area contributed by atoms with E-state index in [0.29, 0.717) is 11.3 Å². The summed E-state index contributed by atoms with van der Waals surface area (Å²) >= 11 is 1.47. The number of rotatable bonds is 5. The fraction of sp³-hybridized carbons (Fsp3) is 0.385. The van der Waals surface area contributed by atoms with Gasteiger partial charge in [0.15, 0.2) is 0 Å². The van der Waals surface area contributed by atoms with Crippen LogP contribution in [0, 0.1) is 11.3 Å². The molecule has 4 nitrogen and oxygen atoms in total. The average Bonchev–Trinajstić information content (AvgIpc) is 2.35. The van der Waals surface area contributed by atoms with Gasteiger partial charge in [-0.1, -0.05) is 12.1 Å². The van der Waals surface area contributed by atoms with Gasteiger partial charge in [-0.2, -0.15) is 5.26 Å². The van der Waals surface area contributed by atoms with Crippen molar-refractivity contribution in [1.29, 1.82) is 5.26 Å². The Kier molecular flexibility index (Phi) is 4.76. The maximum Gasteiger partial charge on any atom is 0.321 e. The highest BCUT2D eigenvalue weighted by molar-refractivity contribution is 7.99. The van der Waals surface area contributed by atoms with E-state index in [1.165, 1.54) is 11.8 Å². The van der Waals surface area contributed by atoms with Crippen molar-refractivity contribution in [3.63, 3.8) is 0 Å². The van der Waals surface area contributed by atoms with Crippen LogP contribution in [0.3, 0.4) is 0 Å². The SMILES string of the molecule is CC(C)(SCc1cccc(C#N)c1)[C@@H](N)C(=O)O. The number of nitrogens with two attached hydrogens (primary N) is 1. The van der Waals surface area contributed by atoms with Gasteiger partial charge in [-0.25, -0.2) is 0 Å². The second-order valence-electron chi connectivity index (χ2n) is 4.52. The highest BCUT2D eigenvalue weighted by Gasteiger charge is 2.32. The largest absolute Gasteiger partial charge is 0.480 e. The number of nitriles is 1. The maximum absolute atomic E-state index is 10.9. The van der Waals surface area contributed by atoms with Crippen LogP contribution in [0.25, 0.3) is 0 Å². The number of benzene rings is 1. The molecule has 0 saturated heterocycles. The predicted octanol–water partition coefficient (Wildman–Crippen LogP) is 1.98. The summed E-state index contributed by atoms with van der Waals surface area (Å²) in [6.45, 7) is 3.62. The first-order chi connectivity index (χ1) is 8.36. The lowest BCUT2D eigenvalue weighted by atomic mass is 10.1. The van der Waals surface area contributed by atoms with Gasteiger partial charge in [0.05, 0.1) is 11.6 Å². The Morgan fingerprint density at radius 2 is 2.28 bits per heavy atom. The van der Waals surface area contributed by atoms with Crippen LogP contribution in [0.15, 0.2) is 24.3 Å². The van der Waals surface area contributed by atoms with Crippen LogP contribution < -0.4 is 5.73 Å². The Hall–Kier alpha value is -1.51. The molecule has 3 N–H and O–H groups in total. The number of aliphatic carboxylic acids is 1. The molecule has 96 valence electrons. The molecule has 0 aliphatic rings. The van der Waals surface area contributed by atoms with Crippen molar-refractivity contribution in [1.82, 2.24) is 0 Å². The molecule has 5 heteroatoms. The Morgan fingerprint density at radius 1 is 1.61 bits per heavy atom. The molecule has 0 fully saturated rings. The number of carbonyl (C=O) groups is 1. The molecular weight excluding hydrogens is 248 g/mol. The minimum atomic E-state index is -1.00. The third-order valence-corrected chi connectivity index (χ3v) is 4.16. The fourth-order valence-corrected chi connectivity index (χ4v) is 2.39. The summed E-state index contributed by atoms with van der Waals surface area (Å²) in [6.07, 6.45) is 0. The number of carboxylic acid groups (broad SMARTS) is 1. The van der Waals surface area contributed by atoms with E-state index in [0.717, 1.165) is 5.56 Å². The Morgan fingerprint density at radius 3 is 2.83 bits per heavy atom. The van der Waals surface area contributed by atoms with Crippen molar-refractivity contribution in [2.24, 2.45) is 5.73 Å². The number of carboxylic acids is 1. The molecule has 1 atom stereocenters. The standard InChI is InChI=1S/C13H16N2O2S/c1-13(2,11(15)12(16)17)18-8-10-5-3-4-9(6-10)7-14/h3-6,11H,8,15H2,1-2H3,(H,16,17)/t11-/m0/s1. The first-order valence-corrected chi connectivity index (χ1v) is 6.47. The van der Waals surface area contributed by atoms with Crippen molar-refractivity contribution in [3.8, 4) is 6.07 Å². The van der Waals surface area contributed by atoms with E-state index < -0.39 is 16.8 Å². The molecule has 18 heavy (non-hydrogen) atoms. The normalized spacial score (nSPS) is 12.8. The van der Waals surface area contributed by atoms with Crippen molar-refractivity contribution in [2.75, 3.05) is 0 Å². The van der Waals surface area contributed by atoms with Crippen LogP contribution in [-0.2, 0) is 10.5 Å². The molecule has 0 bridgehead atoms. The lowest BCUT2D eigenvalue weighted by Crippen LogP contribution is -2.46. The zero-order valence-electron chi connectivity index (χ0n) is 10.4. The summed E-state index contributed by atoms with van der Waals surface area (Å²) in [4.78, 5) is 10.9. The maximum atomic E-state index is 10.9. The van der Waals surface area contributed by atoms with Gasteiger partial charge in [-0.15, -0.1) is 11.8 Å². The molecule has 0 aliphatic carbocycles. The summed E-state index contributed by atoms with van der Waals surface area (Å²) in [5.41, 5.74) is 7.24. The molecule has 1 aromatic carbocycles. The highest BCUT2D eigenvalue weighted by Crippen LogP contribution is 2.30. The fourth-order valence-electron chi connectivity index (χ4n) is 1.39. The van der Waals surface area contributed by atoms with Crippen molar-refractivity contribution >= 4 is 17.7 Å². The van der Waals surface area contributed by atoms with E-state index in [1.54, 1.807) is 12.1 Å². The Labute approximate surface area is 111 Å². The third-order valence-electron chi connectivity index (χ3n) is 2.68. The first-order valence-electron chi connectivity index (χ1n) is 5.48. The smallest absolute Gasteiger partial charge is 0.321 e. The monoisotopic (exact) mass is 264 g/mol. The van der Waals surface area contributed by atoms with E-state index in [-0.39, 0.29) is 0 Å². The van der Waals surface area contributed by atoms with Gasteiger partial charge < -0.3 is 10.8 Å². The quantitative estimate of drug-likeness (QED) is 0.849. The van der Waals surface area contributed by atoms with Gasteiger partial charge in [0.2, 0.25) is 0 Å². The van der Waals surface area contributed by atoms with Gasteiger partial charge in [0.1, 0.15) is 6.04 Å². The zero-order valence-corrected chi connectivity index (χ0v) is 11.2. The van der Waals surface area contributed by atoms with E-state index in [9.17, 15) is 4.79 Å². The van der Waals surface area contributed by atoms with Crippen molar-refractivity contribution in [2.45, 2.75) is 30.4 Å². The minimum Gasteiger partial charge on any atom is -0.480 e. The minimum absolute atomic E-state index is 0.561. The second kappa shape index (κ2) is 5.89. The van der Waals surface area contributed by atoms with E-state index >= 15 is 0 Å². The molecule has 0 spiro atoms. The van der Waals surface area contributed by atoms with E-state index in [2.05, 4.69) is 6.07 Å². The molecule has 1 rings (SSSR count). The summed E-state index contributed by atoms with van der Waals surface area (Å²) in [5.74, 6) is -0.373. The Bertz CT molecular complexity index is 480. The molecular formula is C13H16N2O2S. The van der Waals surface area contributed by atoms with Crippen molar-refractivity contribution < 1.29 is 9.90 Å². The number of nitrogens with zero attached hydrogens (tertiary/aromatic N) is 1. The number of hydrogen-bond acceptors (Lipinski definition) is 4. The van der Waals surface area contributed by atoms with Gasteiger partial charge in [0.25, 0.3) is 0 Å². The molecule has 0 aromatic heterocycles. The van der Waals surface area contributed by atoms with E-state index in [4.69, 9.17) is 16.1 Å². The molecule has 0 aliphatic heterocycles.